The van der Waals surface area contributed by atoms with Gasteiger partial charge in [0, 0.05) is 66.8 Å². The molecular formula is C71H53BN4. The molecule has 360 valence electrons. The fourth-order valence-electron chi connectivity index (χ4n) is 12.0. The molecule has 0 bridgehead atoms. The molecule has 0 N–H and O–H groups in total. The molecule has 0 spiro atoms. The topological polar surface area (TPSA) is 16.3 Å². The summed E-state index contributed by atoms with van der Waals surface area (Å²) in [5.41, 5.74) is 11.8. The lowest BCUT2D eigenvalue weighted by atomic mass is 9.33. The zero-order valence-electron chi connectivity index (χ0n) is 57.6. The summed E-state index contributed by atoms with van der Waals surface area (Å²) < 4.78 is 150. The van der Waals surface area contributed by atoms with E-state index in [1.54, 1.807) is 0 Å². The van der Waals surface area contributed by atoms with E-state index in [0.717, 1.165) is 67.0 Å². The molecule has 2 aromatic heterocycles. The third kappa shape index (κ3) is 6.85. The van der Waals surface area contributed by atoms with Crippen LogP contribution >= 0.6 is 0 Å². The first kappa shape index (κ1) is 30.8. The van der Waals surface area contributed by atoms with Gasteiger partial charge in [-0.3, -0.25) is 0 Å². The molecule has 0 amide bonds. The van der Waals surface area contributed by atoms with Crippen LogP contribution in [-0.2, 0) is 6.42 Å². The fourth-order valence-corrected chi connectivity index (χ4v) is 12.0. The van der Waals surface area contributed by atoms with Gasteiger partial charge in [-0.05, 0) is 118 Å². The number of aromatic nitrogens is 2. The molecule has 76 heavy (non-hydrogen) atoms. The second kappa shape index (κ2) is 17.1. The van der Waals surface area contributed by atoms with E-state index in [2.05, 4.69) is 91.2 Å². The molecule has 2 aliphatic heterocycles. The Balaban J connectivity index is 1.12. The molecule has 0 radical (unpaired) electrons. The van der Waals surface area contributed by atoms with Crippen LogP contribution in [0.15, 0.2) is 254 Å². The molecule has 2 aliphatic rings. The number of hydrogen-bond donors (Lipinski definition) is 0. The van der Waals surface area contributed by atoms with Crippen molar-refractivity contribution in [3.05, 3.63) is 260 Å². The van der Waals surface area contributed by atoms with Crippen molar-refractivity contribution in [1.82, 2.24) is 9.13 Å². The maximum atomic E-state index is 9.53. The molecule has 0 fully saturated rings. The summed E-state index contributed by atoms with van der Waals surface area (Å²) in [6.07, 6.45) is 0.595. The number of benzene rings is 11. The molecule has 0 aliphatic carbocycles. The van der Waals surface area contributed by atoms with Crippen LogP contribution in [0.3, 0.4) is 0 Å². The van der Waals surface area contributed by atoms with E-state index in [0.29, 0.717) is 29.2 Å². The first-order valence-corrected chi connectivity index (χ1v) is 25.4. The number of hydrogen-bond acceptors (Lipinski definition) is 2. The van der Waals surface area contributed by atoms with Crippen molar-refractivity contribution in [2.45, 2.75) is 27.2 Å². The van der Waals surface area contributed by atoms with Crippen molar-refractivity contribution in [3.63, 3.8) is 0 Å². The predicted octanol–water partition coefficient (Wildman–Crippen LogP) is 16.9. The van der Waals surface area contributed by atoms with Crippen LogP contribution in [0.5, 0.6) is 0 Å². The minimum Gasteiger partial charge on any atom is -0.311 e. The van der Waals surface area contributed by atoms with Gasteiger partial charge in [0.2, 0.25) is 0 Å². The highest BCUT2D eigenvalue weighted by atomic mass is 15.2. The lowest BCUT2D eigenvalue weighted by Crippen LogP contribution is -2.61. The standard InChI is InChI=1S/C71H53BN4/c1-71(2,3)46-47-42-68-70-69(43-47)76(61-33-17-11-27-53(61)49-24-8-5-9-25-49)67-45-51(74-64-36-20-14-30-56(64)57-31-15-21-37-65(57)74)39-41-59(67)72(70)58-40-38-50(73-62-34-18-12-28-54(62)55-29-13-19-35-63(55)73)44-66(58)75(68)60-32-16-10-26-52(60)48-22-6-4-7-23-48/h4-45H,46H2,1-3H3/i12D,13D,14D,15D,18D,19D,20D,21D,28D,29D,30D,31D,34D,35D,36D,37D. The van der Waals surface area contributed by atoms with Crippen LogP contribution in [0.1, 0.15) is 48.3 Å². The average molecular weight is 989 g/mol. The van der Waals surface area contributed by atoms with Crippen LogP contribution < -0.4 is 26.2 Å². The van der Waals surface area contributed by atoms with Gasteiger partial charge in [-0.25, -0.2) is 0 Å². The Morgan fingerprint density at radius 2 is 0.750 bits per heavy atom. The molecule has 5 heteroatoms. The number of anilines is 6. The molecule has 11 aromatic carbocycles. The first-order chi connectivity index (χ1) is 44.0. The molecule has 0 unspecified atom stereocenters. The SMILES string of the molecule is [2H]c1c([2H])c([2H])c2c(c1[2H])c1c([2H])c([2H])c([2H])c([2H])c1n2-c1ccc2c(c1)N(c1ccccc1-c1ccccc1)c1cc(CC(C)(C)C)cc3c1B2c1ccc(-n2c4c([2H])c([2H])c([2H])c([2H])c4c4c([2H])c([2H])c([2H])c([2H])c42)cc1N3c1ccccc1-c1ccccc1. The largest absolute Gasteiger partial charge is 0.311 e. The van der Waals surface area contributed by atoms with Crippen molar-refractivity contribution < 1.29 is 21.9 Å². The van der Waals surface area contributed by atoms with Gasteiger partial charge in [0.15, 0.2) is 0 Å². The van der Waals surface area contributed by atoms with E-state index in [1.165, 1.54) is 9.13 Å². The maximum Gasteiger partial charge on any atom is 0.252 e. The lowest BCUT2D eigenvalue weighted by Gasteiger charge is -2.45. The Morgan fingerprint density at radius 3 is 1.14 bits per heavy atom. The van der Waals surface area contributed by atoms with Crippen molar-refractivity contribution >= 4 is 101 Å². The van der Waals surface area contributed by atoms with Gasteiger partial charge in [-0.1, -0.05) is 202 Å². The number of fused-ring (bicyclic) bond motifs is 10. The smallest absolute Gasteiger partial charge is 0.252 e. The minimum absolute atomic E-state index is 0.0248. The van der Waals surface area contributed by atoms with Crippen molar-refractivity contribution in [2.24, 2.45) is 5.41 Å². The predicted molar refractivity (Wildman–Crippen MR) is 323 cm³/mol. The van der Waals surface area contributed by atoms with Gasteiger partial charge in [-0.15, -0.1) is 0 Å². The van der Waals surface area contributed by atoms with Gasteiger partial charge >= 0.3 is 0 Å². The Bertz CT molecular complexity index is 4940. The summed E-state index contributed by atoms with van der Waals surface area (Å²) in [6, 6.07) is 44.4. The van der Waals surface area contributed by atoms with Gasteiger partial charge in [0.1, 0.15) is 0 Å². The second-order valence-electron chi connectivity index (χ2n) is 20.7. The maximum absolute atomic E-state index is 9.53. The zero-order chi connectivity index (χ0) is 64.6. The lowest BCUT2D eigenvalue weighted by molar-refractivity contribution is 0.411. The summed E-state index contributed by atoms with van der Waals surface area (Å²) in [5, 5.41) is -0.200. The zero-order valence-corrected chi connectivity index (χ0v) is 41.6. The molecule has 0 saturated carbocycles. The van der Waals surface area contributed by atoms with Crippen LogP contribution in [0.25, 0.3) is 77.2 Å². The van der Waals surface area contributed by atoms with E-state index in [-0.39, 0.29) is 49.0 Å². The third-order valence-electron chi connectivity index (χ3n) is 14.9. The summed E-state index contributed by atoms with van der Waals surface area (Å²) in [7, 11) is 0. The molecule has 0 saturated heterocycles. The second-order valence-corrected chi connectivity index (χ2v) is 20.7. The molecule has 4 heterocycles. The Hall–Kier alpha value is -9.32. The molecule has 0 atom stereocenters. The van der Waals surface area contributed by atoms with Gasteiger partial charge < -0.3 is 18.9 Å². The first-order valence-electron chi connectivity index (χ1n) is 33.4. The normalized spacial score (nSPS) is 15.9. The molecular weight excluding hydrogens is 920 g/mol. The number of rotatable bonds is 7. The van der Waals surface area contributed by atoms with E-state index in [1.807, 2.05) is 97.1 Å². The summed E-state index contributed by atoms with van der Waals surface area (Å²) in [4.78, 5) is 4.47. The quantitative estimate of drug-likeness (QED) is 0.148. The molecule has 15 rings (SSSR count). The summed E-state index contributed by atoms with van der Waals surface area (Å²) in [6.45, 7) is 5.91. The van der Waals surface area contributed by atoms with Gasteiger partial charge in [0.25, 0.3) is 6.71 Å². The third-order valence-corrected chi connectivity index (χ3v) is 14.9. The monoisotopic (exact) mass is 989 g/mol. The highest BCUT2D eigenvalue weighted by Gasteiger charge is 2.45. The van der Waals surface area contributed by atoms with E-state index < -0.39 is 103 Å². The highest BCUT2D eigenvalue weighted by molar-refractivity contribution is 7.00. The van der Waals surface area contributed by atoms with Crippen LogP contribution in [0, 0.1) is 5.41 Å². The molecule has 4 nitrogen and oxygen atoms in total. The Kier molecular flexibility index (Phi) is 6.94. The fraction of sp³-hybridized carbons (Fsp3) is 0.0704. The van der Waals surface area contributed by atoms with Crippen molar-refractivity contribution in [3.8, 4) is 33.6 Å². The molecule has 13 aromatic rings. The van der Waals surface area contributed by atoms with Crippen molar-refractivity contribution in [2.75, 3.05) is 9.80 Å². The van der Waals surface area contributed by atoms with E-state index in [9.17, 15) is 11.0 Å². The summed E-state index contributed by atoms with van der Waals surface area (Å²) in [5.74, 6) is 0. The minimum atomic E-state index is -0.627. The van der Waals surface area contributed by atoms with Crippen LogP contribution in [-0.4, -0.2) is 15.8 Å². The van der Waals surface area contributed by atoms with Crippen molar-refractivity contribution in [1.29, 1.82) is 0 Å². The average Bonchev–Trinajstić information content (AvgIpc) is 0.980. The van der Waals surface area contributed by atoms with E-state index in [4.69, 9.17) is 11.0 Å². The number of para-hydroxylation sites is 6. The Morgan fingerprint density at radius 1 is 0.382 bits per heavy atom. The summed E-state index contributed by atoms with van der Waals surface area (Å²) >= 11 is 0. The highest BCUT2D eigenvalue weighted by Crippen LogP contribution is 2.50. The van der Waals surface area contributed by atoms with E-state index >= 15 is 0 Å². The van der Waals surface area contributed by atoms with Gasteiger partial charge in [-0.2, -0.15) is 0 Å². The van der Waals surface area contributed by atoms with Crippen LogP contribution in [0.2, 0.25) is 0 Å². The number of nitrogens with zero attached hydrogens (tertiary/aromatic N) is 4. The van der Waals surface area contributed by atoms with Crippen LogP contribution in [0.4, 0.5) is 34.1 Å². The van der Waals surface area contributed by atoms with Gasteiger partial charge in [0.05, 0.1) is 55.4 Å². The Labute approximate surface area is 466 Å².